The van der Waals surface area contributed by atoms with E-state index in [0.717, 1.165) is 31.8 Å². The quantitative estimate of drug-likeness (QED) is 0.860. The van der Waals surface area contributed by atoms with E-state index in [2.05, 4.69) is 53.0 Å². The van der Waals surface area contributed by atoms with Gasteiger partial charge in [0.15, 0.2) is 0 Å². The van der Waals surface area contributed by atoms with Crippen molar-refractivity contribution in [2.45, 2.75) is 32.0 Å². The van der Waals surface area contributed by atoms with Crippen LogP contribution in [0.25, 0.3) is 11.5 Å². The van der Waals surface area contributed by atoms with Crippen LogP contribution in [-0.4, -0.2) is 65.4 Å². The van der Waals surface area contributed by atoms with Gasteiger partial charge in [0.25, 0.3) is 0 Å². The number of morpholine rings is 1. The molecule has 6 nitrogen and oxygen atoms in total. The Labute approximate surface area is 142 Å². The second-order valence-corrected chi connectivity index (χ2v) is 6.90. The molecule has 128 valence electrons. The van der Waals surface area contributed by atoms with Crippen molar-refractivity contribution in [1.29, 1.82) is 0 Å². The zero-order valence-electron chi connectivity index (χ0n) is 14.5. The number of aromatic nitrogens is 2. The first-order valence-corrected chi connectivity index (χ1v) is 8.58. The summed E-state index contributed by atoms with van der Waals surface area (Å²) in [7, 11) is 2.18. The Morgan fingerprint density at radius 2 is 1.96 bits per heavy atom. The Balaban J connectivity index is 1.49. The lowest BCUT2D eigenvalue weighted by molar-refractivity contribution is -0.0372. The van der Waals surface area contributed by atoms with Gasteiger partial charge in [0, 0.05) is 31.2 Å². The highest BCUT2D eigenvalue weighted by molar-refractivity contribution is 5.52. The van der Waals surface area contributed by atoms with Crippen LogP contribution in [0.4, 0.5) is 0 Å². The third kappa shape index (κ3) is 2.85. The highest BCUT2D eigenvalue weighted by atomic mass is 16.5. The summed E-state index contributed by atoms with van der Waals surface area (Å²) in [5.74, 6) is 1.26. The molecule has 3 heterocycles. The molecule has 2 aliphatic rings. The van der Waals surface area contributed by atoms with Gasteiger partial charge in [-0.05, 0) is 33.0 Å². The van der Waals surface area contributed by atoms with Gasteiger partial charge in [-0.15, -0.1) is 10.2 Å². The summed E-state index contributed by atoms with van der Waals surface area (Å²) in [5, 5.41) is 8.51. The molecule has 4 rings (SSSR count). The first-order valence-electron chi connectivity index (χ1n) is 8.58. The van der Waals surface area contributed by atoms with Crippen LogP contribution in [0, 0.1) is 6.92 Å². The number of hydrogen-bond acceptors (Lipinski definition) is 6. The smallest absolute Gasteiger partial charge is 0.247 e. The third-order valence-electron chi connectivity index (χ3n) is 5.25. The normalized spacial score (nSPS) is 26.5. The fraction of sp³-hybridized carbons (Fsp3) is 0.556. The molecule has 2 fully saturated rings. The molecule has 3 atom stereocenters. The first kappa shape index (κ1) is 15.7. The Morgan fingerprint density at radius 1 is 1.17 bits per heavy atom. The van der Waals surface area contributed by atoms with E-state index in [9.17, 15) is 0 Å². The number of aryl methyl sites for hydroxylation is 1. The maximum absolute atomic E-state index is 5.95. The van der Waals surface area contributed by atoms with Crippen LogP contribution in [0.3, 0.4) is 0 Å². The number of benzene rings is 1. The molecular formula is C18H24N4O2. The van der Waals surface area contributed by atoms with E-state index in [4.69, 9.17) is 9.15 Å². The molecule has 2 aliphatic heterocycles. The van der Waals surface area contributed by atoms with Gasteiger partial charge in [0.05, 0.1) is 18.8 Å². The SMILES string of the molecule is Cc1ccc(-c2nnc([C@H](C)N3C[C@H]4OCCN(C)[C@H]4C3)o2)cc1. The lowest BCUT2D eigenvalue weighted by Gasteiger charge is -2.33. The van der Waals surface area contributed by atoms with Crippen LogP contribution in [0.5, 0.6) is 0 Å². The van der Waals surface area contributed by atoms with Gasteiger partial charge < -0.3 is 9.15 Å². The highest BCUT2D eigenvalue weighted by Crippen LogP contribution is 2.30. The predicted molar refractivity (Wildman–Crippen MR) is 90.6 cm³/mol. The molecule has 2 aromatic rings. The minimum absolute atomic E-state index is 0.0966. The molecule has 1 aromatic heterocycles. The molecule has 24 heavy (non-hydrogen) atoms. The lowest BCUT2D eigenvalue weighted by Crippen LogP contribution is -2.48. The van der Waals surface area contributed by atoms with Crippen molar-refractivity contribution in [1.82, 2.24) is 20.0 Å². The molecule has 0 unspecified atom stereocenters. The summed E-state index contributed by atoms with van der Waals surface area (Å²) in [4.78, 5) is 4.77. The first-order chi connectivity index (χ1) is 11.6. The summed E-state index contributed by atoms with van der Waals surface area (Å²) in [6.07, 6.45) is 0.283. The Hall–Kier alpha value is -1.76. The van der Waals surface area contributed by atoms with Crippen LogP contribution in [0.15, 0.2) is 28.7 Å². The van der Waals surface area contributed by atoms with Gasteiger partial charge in [-0.2, -0.15) is 0 Å². The van der Waals surface area contributed by atoms with Gasteiger partial charge in [-0.3, -0.25) is 9.80 Å². The van der Waals surface area contributed by atoms with Crippen LogP contribution >= 0.6 is 0 Å². The molecule has 0 radical (unpaired) electrons. The fourth-order valence-corrected chi connectivity index (χ4v) is 3.57. The zero-order valence-corrected chi connectivity index (χ0v) is 14.5. The molecule has 0 bridgehead atoms. The fourth-order valence-electron chi connectivity index (χ4n) is 3.57. The third-order valence-corrected chi connectivity index (χ3v) is 5.25. The van der Waals surface area contributed by atoms with Gasteiger partial charge in [-0.25, -0.2) is 0 Å². The van der Waals surface area contributed by atoms with Crippen molar-refractivity contribution in [2.75, 3.05) is 33.3 Å². The highest BCUT2D eigenvalue weighted by Gasteiger charge is 2.41. The van der Waals surface area contributed by atoms with E-state index >= 15 is 0 Å². The van der Waals surface area contributed by atoms with Crippen molar-refractivity contribution in [3.63, 3.8) is 0 Å². The van der Waals surface area contributed by atoms with Gasteiger partial charge >= 0.3 is 0 Å². The molecule has 0 amide bonds. The van der Waals surface area contributed by atoms with E-state index in [0.29, 0.717) is 17.8 Å². The zero-order chi connectivity index (χ0) is 16.7. The molecule has 6 heteroatoms. The number of likely N-dealkylation sites (N-methyl/N-ethyl adjacent to an activating group) is 1. The van der Waals surface area contributed by atoms with Crippen molar-refractivity contribution < 1.29 is 9.15 Å². The van der Waals surface area contributed by atoms with Crippen molar-refractivity contribution in [3.8, 4) is 11.5 Å². The van der Waals surface area contributed by atoms with Crippen LogP contribution < -0.4 is 0 Å². The van der Waals surface area contributed by atoms with Gasteiger partial charge in [-0.1, -0.05) is 17.7 Å². The maximum atomic E-state index is 5.95. The van der Waals surface area contributed by atoms with Crippen LogP contribution in [0.2, 0.25) is 0 Å². The number of nitrogens with zero attached hydrogens (tertiary/aromatic N) is 4. The average Bonchev–Trinajstić information content (AvgIpc) is 3.23. The second kappa shape index (κ2) is 6.27. The number of ether oxygens (including phenoxy) is 1. The largest absolute Gasteiger partial charge is 0.419 e. The topological polar surface area (TPSA) is 54.6 Å². The second-order valence-electron chi connectivity index (χ2n) is 6.90. The van der Waals surface area contributed by atoms with Crippen molar-refractivity contribution >= 4 is 0 Å². The summed E-state index contributed by atoms with van der Waals surface area (Å²) >= 11 is 0. The van der Waals surface area contributed by atoms with Gasteiger partial charge in [0.2, 0.25) is 11.8 Å². The van der Waals surface area contributed by atoms with E-state index in [1.54, 1.807) is 0 Å². The molecule has 2 saturated heterocycles. The standard InChI is InChI=1S/C18H24N4O2/c1-12-4-6-14(7-5-12)18-20-19-17(24-18)13(2)22-10-15-16(11-22)23-9-8-21(15)3/h4-7,13,15-16H,8-11H2,1-3H3/t13-,15-,16+/m0/s1. The van der Waals surface area contributed by atoms with E-state index < -0.39 is 0 Å². The van der Waals surface area contributed by atoms with E-state index in [1.165, 1.54) is 5.56 Å². The Kier molecular flexibility index (Phi) is 4.12. The minimum Gasteiger partial charge on any atom is -0.419 e. The van der Waals surface area contributed by atoms with Crippen molar-refractivity contribution in [2.24, 2.45) is 0 Å². The molecular weight excluding hydrogens is 304 g/mol. The van der Waals surface area contributed by atoms with Gasteiger partial charge in [0.1, 0.15) is 0 Å². The summed E-state index contributed by atoms with van der Waals surface area (Å²) in [5.41, 5.74) is 2.18. The number of likely N-dealkylation sites (tertiary alicyclic amines) is 1. The van der Waals surface area contributed by atoms with Crippen LogP contribution in [-0.2, 0) is 4.74 Å². The monoisotopic (exact) mass is 328 g/mol. The molecule has 0 N–H and O–H groups in total. The summed E-state index contributed by atoms with van der Waals surface area (Å²) in [6, 6.07) is 8.71. The van der Waals surface area contributed by atoms with Crippen LogP contribution in [0.1, 0.15) is 24.4 Å². The minimum atomic E-state index is 0.0966. The lowest BCUT2D eigenvalue weighted by atomic mass is 10.1. The van der Waals surface area contributed by atoms with E-state index in [-0.39, 0.29) is 12.1 Å². The predicted octanol–water partition coefficient (Wildman–Crippen LogP) is 2.12. The Morgan fingerprint density at radius 3 is 2.71 bits per heavy atom. The number of hydrogen-bond donors (Lipinski definition) is 0. The number of rotatable bonds is 3. The Bertz CT molecular complexity index is 699. The van der Waals surface area contributed by atoms with E-state index in [1.807, 2.05) is 12.1 Å². The van der Waals surface area contributed by atoms with Crippen molar-refractivity contribution in [3.05, 3.63) is 35.7 Å². The molecule has 0 aliphatic carbocycles. The molecule has 0 saturated carbocycles. The maximum Gasteiger partial charge on any atom is 0.247 e. The summed E-state index contributed by atoms with van der Waals surface area (Å²) < 4.78 is 11.9. The molecule has 0 spiro atoms. The number of fused-ring (bicyclic) bond motifs is 1. The summed E-state index contributed by atoms with van der Waals surface area (Å²) in [6.45, 7) is 7.91. The molecule has 1 aromatic carbocycles. The average molecular weight is 328 g/mol.